The van der Waals surface area contributed by atoms with Crippen LogP contribution in [0, 0.1) is 5.82 Å². The van der Waals surface area contributed by atoms with Crippen molar-refractivity contribution in [3.8, 4) is 11.3 Å². The van der Waals surface area contributed by atoms with Crippen molar-refractivity contribution in [2.75, 3.05) is 18.5 Å². The zero-order valence-electron chi connectivity index (χ0n) is 17.8. The van der Waals surface area contributed by atoms with Gasteiger partial charge in [-0.25, -0.2) is 19.3 Å². The third kappa shape index (κ3) is 3.53. The number of nitrogens with one attached hydrogen (secondary N) is 1. The second-order valence-corrected chi connectivity index (χ2v) is 8.96. The Morgan fingerprint density at radius 3 is 2.91 bits per heavy atom. The Bertz CT molecular complexity index is 1180. The highest BCUT2D eigenvalue weighted by Crippen LogP contribution is 2.41. The van der Waals surface area contributed by atoms with E-state index in [2.05, 4.69) is 20.3 Å². The molecule has 3 N–H and O–H groups in total. The monoisotopic (exact) mass is 461 g/mol. The second kappa shape index (κ2) is 8.22. The maximum Gasteiger partial charge on any atom is 0.223 e. The number of ether oxygens (including phenoxy) is 1. The van der Waals surface area contributed by atoms with Crippen LogP contribution in [0.2, 0.25) is 5.02 Å². The van der Waals surface area contributed by atoms with Crippen molar-refractivity contribution in [2.24, 2.45) is 0 Å². The number of anilines is 1. The molecule has 32 heavy (non-hydrogen) atoms. The molecule has 4 heterocycles. The van der Waals surface area contributed by atoms with E-state index in [0.717, 1.165) is 12.0 Å². The average Bonchev–Trinajstić information content (AvgIpc) is 3.18. The number of rotatable bonds is 4. The largest absolute Gasteiger partial charge is 0.389 e. The number of halogens is 2. The van der Waals surface area contributed by atoms with Gasteiger partial charge in [-0.1, -0.05) is 11.6 Å². The fraction of sp³-hybridized carbons (Fsp3) is 0.500. The van der Waals surface area contributed by atoms with Gasteiger partial charge >= 0.3 is 0 Å². The Kier molecular flexibility index (Phi) is 5.53. The molecule has 10 heteroatoms. The first-order chi connectivity index (χ1) is 15.3. The standard InChI is InChI=1S/C22H25ClFN5O3/c1-10-3-4-12-13(7-15(24)19-20(12)29(10)21(27-19)11(2)30)18-14(23)8-25-22(28-18)26-16-5-6-32-9-17(16)31/h7-8,10-11,16-17,30-31H,3-6,9H2,1-2H3,(H,25,26,28)/t10-,11?,16+,17+/m0/s1. The van der Waals surface area contributed by atoms with Crippen molar-refractivity contribution in [2.45, 2.75) is 57.4 Å². The van der Waals surface area contributed by atoms with Gasteiger partial charge in [0.05, 0.1) is 41.2 Å². The Morgan fingerprint density at radius 1 is 1.34 bits per heavy atom. The van der Waals surface area contributed by atoms with Crippen LogP contribution in [0.1, 0.15) is 50.2 Å². The zero-order valence-corrected chi connectivity index (χ0v) is 18.6. The summed E-state index contributed by atoms with van der Waals surface area (Å²) < 4.78 is 22.4. The van der Waals surface area contributed by atoms with E-state index in [1.54, 1.807) is 6.92 Å². The number of aliphatic hydroxyl groups is 2. The molecular weight excluding hydrogens is 437 g/mol. The van der Waals surface area contributed by atoms with Crippen LogP contribution in [0.25, 0.3) is 22.3 Å². The maximum absolute atomic E-state index is 15.2. The van der Waals surface area contributed by atoms with Crippen molar-refractivity contribution in [3.63, 3.8) is 0 Å². The van der Waals surface area contributed by atoms with Gasteiger partial charge in [-0.2, -0.15) is 0 Å². The van der Waals surface area contributed by atoms with Crippen LogP contribution in [0.3, 0.4) is 0 Å². The average molecular weight is 462 g/mol. The predicted molar refractivity (Wildman–Crippen MR) is 118 cm³/mol. The summed E-state index contributed by atoms with van der Waals surface area (Å²) in [6, 6.07) is 1.25. The molecule has 0 amide bonds. The molecule has 3 aromatic rings. The highest BCUT2D eigenvalue weighted by Gasteiger charge is 2.30. The minimum absolute atomic E-state index is 0.0832. The van der Waals surface area contributed by atoms with E-state index in [0.29, 0.717) is 53.0 Å². The molecule has 1 saturated heterocycles. The lowest BCUT2D eigenvalue weighted by Gasteiger charge is -2.28. The number of hydrogen-bond acceptors (Lipinski definition) is 7. The van der Waals surface area contributed by atoms with Crippen molar-refractivity contribution in [1.82, 2.24) is 19.5 Å². The van der Waals surface area contributed by atoms with Crippen LogP contribution in [-0.4, -0.2) is 55.1 Å². The molecule has 5 rings (SSSR count). The van der Waals surface area contributed by atoms with Crippen LogP contribution < -0.4 is 5.32 Å². The van der Waals surface area contributed by atoms with Crippen LogP contribution in [0.4, 0.5) is 10.3 Å². The highest BCUT2D eigenvalue weighted by atomic mass is 35.5. The topological polar surface area (TPSA) is 105 Å². The van der Waals surface area contributed by atoms with Gasteiger partial charge in [-0.05, 0) is 44.7 Å². The normalized spacial score (nSPS) is 24.0. The molecule has 2 aliphatic heterocycles. The second-order valence-electron chi connectivity index (χ2n) is 8.56. The Hall–Kier alpha value is -2.33. The van der Waals surface area contributed by atoms with Crippen molar-refractivity contribution in [1.29, 1.82) is 0 Å². The first-order valence-electron chi connectivity index (χ1n) is 10.8. The van der Waals surface area contributed by atoms with Gasteiger partial charge in [0, 0.05) is 18.2 Å². The van der Waals surface area contributed by atoms with Gasteiger partial charge in [0.1, 0.15) is 17.4 Å². The number of nitrogens with zero attached hydrogens (tertiary/aromatic N) is 4. The third-order valence-electron chi connectivity index (χ3n) is 6.31. The van der Waals surface area contributed by atoms with Crippen LogP contribution in [0.15, 0.2) is 12.3 Å². The zero-order chi connectivity index (χ0) is 22.6. The van der Waals surface area contributed by atoms with E-state index in [9.17, 15) is 10.2 Å². The number of hydrogen-bond donors (Lipinski definition) is 3. The molecule has 0 radical (unpaired) electrons. The minimum atomic E-state index is -0.817. The number of aromatic nitrogens is 4. The molecule has 170 valence electrons. The maximum atomic E-state index is 15.2. The Balaban J connectivity index is 1.64. The van der Waals surface area contributed by atoms with E-state index >= 15 is 4.39 Å². The Labute approximate surface area is 189 Å². The number of aryl methyl sites for hydroxylation is 1. The molecular formula is C22H25ClFN5O3. The fourth-order valence-corrected chi connectivity index (χ4v) is 4.88. The van der Waals surface area contributed by atoms with Crippen LogP contribution >= 0.6 is 11.6 Å². The van der Waals surface area contributed by atoms with Crippen LogP contribution in [-0.2, 0) is 11.2 Å². The molecule has 2 aromatic heterocycles. The number of aliphatic hydroxyl groups excluding tert-OH is 2. The smallest absolute Gasteiger partial charge is 0.223 e. The lowest BCUT2D eigenvalue weighted by atomic mass is 9.93. The lowest BCUT2D eigenvalue weighted by molar-refractivity contribution is -0.0136. The molecule has 4 atom stereocenters. The first-order valence-corrected chi connectivity index (χ1v) is 11.2. The summed E-state index contributed by atoms with van der Waals surface area (Å²) in [5.74, 6) is 0.275. The fourth-order valence-electron chi connectivity index (χ4n) is 4.68. The van der Waals surface area contributed by atoms with Crippen molar-refractivity contribution < 1.29 is 19.3 Å². The lowest BCUT2D eigenvalue weighted by Crippen LogP contribution is -2.42. The van der Waals surface area contributed by atoms with Gasteiger partial charge in [-0.3, -0.25) is 0 Å². The molecule has 0 spiro atoms. The summed E-state index contributed by atoms with van der Waals surface area (Å²) >= 11 is 6.47. The van der Waals surface area contributed by atoms with E-state index in [-0.39, 0.29) is 24.2 Å². The summed E-state index contributed by atoms with van der Waals surface area (Å²) in [4.78, 5) is 13.3. The summed E-state index contributed by atoms with van der Waals surface area (Å²) in [5.41, 5.74) is 2.83. The van der Waals surface area contributed by atoms with Crippen LogP contribution in [0.5, 0.6) is 0 Å². The van der Waals surface area contributed by atoms with Gasteiger partial charge in [0.2, 0.25) is 5.95 Å². The quantitative estimate of drug-likeness (QED) is 0.546. The van der Waals surface area contributed by atoms with E-state index < -0.39 is 18.0 Å². The van der Waals surface area contributed by atoms with Crippen molar-refractivity contribution in [3.05, 3.63) is 34.5 Å². The molecule has 0 saturated carbocycles. The SMILES string of the molecule is CC(O)c1nc2c(F)cc(-c3nc(N[C@@H]4CCOC[C@H]4O)ncc3Cl)c3c2n1[C@@H](C)CC3. The third-order valence-corrected chi connectivity index (χ3v) is 6.59. The molecule has 8 nitrogen and oxygen atoms in total. The van der Waals surface area contributed by atoms with E-state index in [4.69, 9.17) is 16.3 Å². The summed E-state index contributed by atoms with van der Waals surface area (Å²) in [5, 5.41) is 23.8. The van der Waals surface area contributed by atoms with Gasteiger partial charge in [0.25, 0.3) is 0 Å². The molecule has 0 bridgehead atoms. The first kappa shape index (κ1) is 21.5. The molecule has 0 aliphatic carbocycles. The molecule has 2 aliphatic rings. The molecule has 1 unspecified atom stereocenters. The van der Waals surface area contributed by atoms with Gasteiger partial charge in [0.15, 0.2) is 5.82 Å². The predicted octanol–water partition coefficient (Wildman–Crippen LogP) is 3.41. The highest BCUT2D eigenvalue weighted by molar-refractivity contribution is 6.33. The van der Waals surface area contributed by atoms with Crippen molar-refractivity contribution >= 4 is 28.6 Å². The summed E-state index contributed by atoms with van der Waals surface area (Å²) in [6.07, 6.45) is 2.14. The van der Waals surface area contributed by atoms with E-state index in [1.807, 2.05) is 11.5 Å². The number of imidazole rings is 1. The minimum Gasteiger partial charge on any atom is -0.389 e. The molecule has 1 aromatic carbocycles. The van der Waals surface area contributed by atoms with Gasteiger partial charge < -0.3 is 24.8 Å². The van der Waals surface area contributed by atoms with Gasteiger partial charge in [-0.15, -0.1) is 0 Å². The summed E-state index contributed by atoms with van der Waals surface area (Å²) in [6.45, 7) is 4.46. The molecule has 1 fully saturated rings. The number of benzene rings is 1. The van der Waals surface area contributed by atoms with E-state index in [1.165, 1.54) is 12.3 Å². The summed E-state index contributed by atoms with van der Waals surface area (Å²) in [7, 11) is 0. The Morgan fingerprint density at radius 2 is 2.16 bits per heavy atom.